The Morgan fingerprint density at radius 3 is 2.66 bits per heavy atom. The van der Waals surface area contributed by atoms with Crippen molar-refractivity contribution in [1.82, 2.24) is 4.31 Å². The quantitative estimate of drug-likeness (QED) is 0.740. The van der Waals surface area contributed by atoms with Gasteiger partial charge in [-0.1, -0.05) is 17.7 Å². The van der Waals surface area contributed by atoms with E-state index in [-0.39, 0.29) is 17.3 Å². The van der Waals surface area contributed by atoms with Gasteiger partial charge in [0.2, 0.25) is 15.9 Å². The third-order valence-electron chi connectivity index (χ3n) is 4.98. The van der Waals surface area contributed by atoms with Gasteiger partial charge in [0.15, 0.2) is 0 Å². The van der Waals surface area contributed by atoms with Crippen molar-refractivity contribution in [3.63, 3.8) is 0 Å². The summed E-state index contributed by atoms with van der Waals surface area (Å²) < 4.78 is 32.8. The number of halogens is 1. The summed E-state index contributed by atoms with van der Waals surface area (Å²) in [4.78, 5) is 13.0. The average Bonchev–Trinajstić information content (AvgIpc) is 2.71. The van der Waals surface area contributed by atoms with Gasteiger partial charge in [-0.2, -0.15) is 4.31 Å². The zero-order chi connectivity index (χ0) is 21.0. The highest BCUT2D eigenvalue weighted by Gasteiger charge is 2.33. The van der Waals surface area contributed by atoms with Crippen LogP contribution in [0.5, 0.6) is 5.75 Å². The van der Waals surface area contributed by atoms with E-state index in [0.717, 1.165) is 5.56 Å². The van der Waals surface area contributed by atoms with Crippen molar-refractivity contribution in [2.75, 3.05) is 25.0 Å². The summed E-state index contributed by atoms with van der Waals surface area (Å²) in [5.41, 5.74) is 1.55. The molecule has 0 unspecified atom stereocenters. The highest BCUT2D eigenvalue weighted by atomic mass is 35.5. The van der Waals surface area contributed by atoms with Gasteiger partial charge >= 0.3 is 0 Å². The van der Waals surface area contributed by atoms with Gasteiger partial charge in [0.1, 0.15) is 5.75 Å². The van der Waals surface area contributed by atoms with Crippen LogP contribution in [-0.4, -0.2) is 38.3 Å². The molecule has 1 N–H and O–H groups in total. The normalized spacial score (nSPS) is 17.7. The predicted octanol–water partition coefficient (Wildman–Crippen LogP) is 4.09. The second-order valence-electron chi connectivity index (χ2n) is 7.06. The molecule has 2 aromatic rings. The molecule has 29 heavy (non-hydrogen) atoms. The van der Waals surface area contributed by atoms with E-state index < -0.39 is 15.9 Å². The number of nitrogens with zero attached hydrogens (tertiary/aromatic N) is 1. The Bertz CT molecular complexity index is 977. The van der Waals surface area contributed by atoms with Crippen molar-refractivity contribution in [1.29, 1.82) is 0 Å². The van der Waals surface area contributed by atoms with Crippen molar-refractivity contribution < 1.29 is 17.9 Å². The molecule has 1 aliphatic heterocycles. The highest BCUT2D eigenvalue weighted by Crippen LogP contribution is 2.27. The summed E-state index contributed by atoms with van der Waals surface area (Å²) in [6.07, 6.45) is 1.27. The molecule has 1 aliphatic rings. The van der Waals surface area contributed by atoms with Crippen LogP contribution in [0, 0.1) is 12.8 Å². The van der Waals surface area contributed by atoms with Gasteiger partial charge in [-0.3, -0.25) is 4.79 Å². The molecule has 1 atom stereocenters. The second-order valence-corrected chi connectivity index (χ2v) is 9.43. The third kappa shape index (κ3) is 5.10. The Labute approximate surface area is 176 Å². The van der Waals surface area contributed by atoms with E-state index in [1.165, 1.54) is 4.31 Å². The smallest absolute Gasteiger partial charge is 0.243 e. The van der Waals surface area contributed by atoms with Crippen molar-refractivity contribution in [2.45, 2.75) is 31.6 Å². The van der Waals surface area contributed by atoms with E-state index in [1.54, 1.807) is 36.4 Å². The van der Waals surface area contributed by atoms with Crippen LogP contribution in [0.15, 0.2) is 47.4 Å². The molecule has 0 aromatic heterocycles. The first-order valence-electron chi connectivity index (χ1n) is 9.61. The molecule has 156 valence electrons. The fourth-order valence-electron chi connectivity index (χ4n) is 3.36. The molecule has 1 amide bonds. The van der Waals surface area contributed by atoms with E-state index in [1.807, 2.05) is 19.9 Å². The number of carbonyl (C=O) groups excluding carboxylic acids is 1. The number of carbonyl (C=O) groups is 1. The van der Waals surface area contributed by atoms with E-state index in [2.05, 4.69) is 5.32 Å². The first kappa shape index (κ1) is 21.6. The lowest BCUT2D eigenvalue weighted by atomic mass is 9.98. The van der Waals surface area contributed by atoms with Crippen LogP contribution >= 0.6 is 11.6 Å². The lowest BCUT2D eigenvalue weighted by Crippen LogP contribution is -2.43. The van der Waals surface area contributed by atoms with Crippen LogP contribution in [-0.2, 0) is 14.8 Å². The summed E-state index contributed by atoms with van der Waals surface area (Å²) in [5, 5.41) is 3.43. The first-order valence-corrected chi connectivity index (χ1v) is 11.4. The van der Waals surface area contributed by atoms with Gasteiger partial charge in [0, 0.05) is 23.8 Å². The predicted molar refractivity (Wildman–Crippen MR) is 114 cm³/mol. The van der Waals surface area contributed by atoms with Crippen molar-refractivity contribution in [2.24, 2.45) is 5.92 Å². The number of rotatable bonds is 6. The maximum atomic E-state index is 13.0. The van der Waals surface area contributed by atoms with E-state index in [4.69, 9.17) is 16.3 Å². The average molecular weight is 437 g/mol. The molecule has 1 heterocycles. The molecular formula is C21H25ClN2O4S. The molecule has 0 spiro atoms. The van der Waals surface area contributed by atoms with E-state index in [0.29, 0.717) is 42.5 Å². The summed E-state index contributed by atoms with van der Waals surface area (Å²) in [6.45, 7) is 4.82. The maximum absolute atomic E-state index is 13.0. The number of piperidine rings is 1. The molecule has 0 radical (unpaired) electrons. The fraction of sp³-hybridized carbons (Fsp3) is 0.381. The van der Waals surface area contributed by atoms with Crippen LogP contribution in [0.2, 0.25) is 5.02 Å². The minimum atomic E-state index is -3.67. The summed E-state index contributed by atoms with van der Waals surface area (Å²) in [5.74, 6) is 0.0146. The van der Waals surface area contributed by atoms with Gasteiger partial charge in [0.05, 0.1) is 17.4 Å². The molecule has 6 nitrogen and oxygen atoms in total. The van der Waals surface area contributed by atoms with Crippen molar-refractivity contribution in [3.05, 3.63) is 53.1 Å². The van der Waals surface area contributed by atoms with Gasteiger partial charge in [0.25, 0.3) is 0 Å². The topological polar surface area (TPSA) is 75.7 Å². The van der Waals surface area contributed by atoms with Crippen LogP contribution < -0.4 is 10.1 Å². The lowest BCUT2D eigenvalue weighted by molar-refractivity contribution is -0.120. The molecule has 0 aliphatic carbocycles. The number of anilines is 1. The summed E-state index contributed by atoms with van der Waals surface area (Å²) in [6, 6.07) is 11.7. The number of sulfonamides is 1. The molecule has 0 saturated carbocycles. The minimum Gasteiger partial charge on any atom is -0.494 e. The van der Waals surface area contributed by atoms with Crippen LogP contribution in [0.3, 0.4) is 0 Å². The highest BCUT2D eigenvalue weighted by molar-refractivity contribution is 7.89. The van der Waals surface area contributed by atoms with E-state index in [9.17, 15) is 13.2 Å². The number of hydrogen-bond donors (Lipinski definition) is 1. The van der Waals surface area contributed by atoms with Gasteiger partial charge in [-0.15, -0.1) is 0 Å². The SMILES string of the molecule is CCOc1ccc(S(=O)(=O)N2CCC[C@@H](C(=O)Nc3cc(Cl)ccc3C)C2)cc1. The molecule has 2 aromatic carbocycles. The number of aryl methyl sites for hydroxylation is 1. The Kier molecular flexibility index (Phi) is 6.82. The van der Waals surface area contributed by atoms with Gasteiger partial charge < -0.3 is 10.1 Å². The Balaban J connectivity index is 1.72. The number of ether oxygens (including phenoxy) is 1. The minimum absolute atomic E-state index is 0.154. The van der Waals surface area contributed by atoms with Crippen molar-refractivity contribution in [3.8, 4) is 5.75 Å². The van der Waals surface area contributed by atoms with Crippen molar-refractivity contribution >= 4 is 33.2 Å². The maximum Gasteiger partial charge on any atom is 0.243 e. The zero-order valence-corrected chi connectivity index (χ0v) is 18.1. The number of amides is 1. The Morgan fingerprint density at radius 1 is 1.24 bits per heavy atom. The van der Waals surface area contributed by atoms with Gasteiger partial charge in [-0.25, -0.2) is 8.42 Å². The number of benzene rings is 2. The number of hydrogen-bond acceptors (Lipinski definition) is 4. The van der Waals surface area contributed by atoms with Crippen LogP contribution in [0.25, 0.3) is 0 Å². The molecule has 1 saturated heterocycles. The van der Waals surface area contributed by atoms with E-state index >= 15 is 0 Å². The third-order valence-corrected chi connectivity index (χ3v) is 7.10. The molecule has 1 fully saturated rings. The molecular weight excluding hydrogens is 412 g/mol. The molecule has 8 heteroatoms. The Morgan fingerprint density at radius 2 is 1.97 bits per heavy atom. The summed E-state index contributed by atoms with van der Waals surface area (Å²) >= 11 is 6.02. The Hall–Kier alpha value is -2.09. The lowest BCUT2D eigenvalue weighted by Gasteiger charge is -2.31. The largest absolute Gasteiger partial charge is 0.494 e. The molecule has 3 rings (SSSR count). The number of nitrogens with one attached hydrogen (secondary N) is 1. The standard InChI is InChI=1S/C21H25ClN2O4S/c1-3-28-18-8-10-19(11-9-18)29(26,27)24-12-4-5-16(14-24)21(25)23-20-13-17(22)7-6-15(20)2/h6-11,13,16H,3-5,12,14H2,1-2H3,(H,23,25)/t16-/m1/s1. The molecule has 0 bridgehead atoms. The first-order chi connectivity index (χ1) is 13.8. The van der Waals surface area contributed by atoms with Crippen LogP contribution in [0.4, 0.5) is 5.69 Å². The fourth-order valence-corrected chi connectivity index (χ4v) is 5.06. The second kappa shape index (κ2) is 9.15. The summed E-state index contributed by atoms with van der Waals surface area (Å²) in [7, 11) is -3.67. The monoisotopic (exact) mass is 436 g/mol. The zero-order valence-electron chi connectivity index (χ0n) is 16.5. The van der Waals surface area contributed by atoms with Gasteiger partial charge in [-0.05, 0) is 68.7 Å². The van der Waals surface area contributed by atoms with Crippen LogP contribution in [0.1, 0.15) is 25.3 Å².